The van der Waals surface area contributed by atoms with Crippen LogP contribution in [0.1, 0.15) is 52.5 Å². The molecule has 1 aromatic heterocycles. The van der Waals surface area contributed by atoms with E-state index in [1.165, 1.54) is 6.08 Å². The van der Waals surface area contributed by atoms with Crippen molar-refractivity contribution in [3.63, 3.8) is 0 Å². The van der Waals surface area contributed by atoms with Gasteiger partial charge in [0.2, 0.25) is 0 Å². The largest absolute Gasteiger partial charge is 0.478 e. The maximum atomic E-state index is 12.9. The average Bonchev–Trinajstić information content (AvgIpc) is 3.06. The number of unbranched alkanes of at least 4 members (excludes halogenated alkanes) is 1. The third-order valence-corrected chi connectivity index (χ3v) is 4.47. The average molecular weight is 462 g/mol. The van der Waals surface area contributed by atoms with Crippen molar-refractivity contribution in [1.82, 2.24) is 9.88 Å². The molecule has 0 aliphatic carbocycles. The Morgan fingerprint density at radius 2 is 2.03 bits per heavy atom. The molecule has 1 fully saturated rings. The number of anilines is 1. The van der Waals surface area contributed by atoms with Gasteiger partial charge in [0, 0.05) is 25.4 Å². The lowest BCUT2D eigenvalue weighted by Gasteiger charge is -2.31. The summed E-state index contributed by atoms with van der Waals surface area (Å²) in [5.41, 5.74) is 0.0614. The van der Waals surface area contributed by atoms with Crippen molar-refractivity contribution in [2.24, 2.45) is 0 Å². The van der Waals surface area contributed by atoms with Gasteiger partial charge in [-0.3, -0.25) is 4.90 Å². The van der Waals surface area contributed by atoms with Crippen molar-refractivity contribution in [2.45, 2.75) is 58.6 Å². The fourth-order valence-corrected chi connectivity index (χ4v) is 3.15. The first kappa shape index (κ1) is 28.2. The number of amides is 1. The van der Waals surface area contributed by atoms with E-state index < -0.39 is 17.7 Å². The molecule has 1 amide bonds. The summed E-state index contributed by atoms with van der Waals surface area (Å²) in [6.45, 7) is 10.5. The molecule has 9 heteroatoms. The van der Waals surface area contributed by atoms with E-state index in [9.17, 15) is 9.59 Å². The molecule has 0 radical (unpaired) electrons. The maximum absolute atomic E-state index is 12.9. The fourth-order valence-electron chi connectivity index (χ4n) is 3.15. The summed E-state index contributed by atoms with van der Waals surface area (Å²) in [5.74, 6) is -0.498. The number of carboxylic acid groups (broad SMARTS) is 1. The highest BCUT2D eigenvalue weighted by Crippen LogP contribution is 2.25. The molecule has 0 spiro atoms. The number of hydrogen-bond acceptors (Lipinski definition) is 5. The first-order valence-corrected chi connectivity index (χ1v) is 9.81. The number of aromatic nitrogens is 1. The third kappa shape index (κ3) is 8.90. The number of halogens is 2. The van der Waals surface area contributed by atoms with Crippen molar-refractivity contribution in [2.75, 3.05) is 24.5 Å². The van der Waals surface area contributed by atoms with Gasteiger partial charge in [0.25, 0.3) is 0 Å². The summed E-state index contributed by atoms with van der Waals surface area (Å²) < 4.78 is 5.63. The van der Waals surface area contributed by atoms with Crippen LogP contribution in [0.2, 0.25) is 0 Å². The molecule has 1 aliphatic rings. The number of hydrogen-bond donors (Lipinski definition) is 1. The molecule has 1 atom stereocenters. The van der Waals surface area contributed by atoms with E-state index in [0.29, 0.717) is 11.4 Å². The monoisotopic (exact) mass is 461 g/mol. The van der Waals surface area contributed by atoms with Crippen LogP contribution in [0.4, 0.5) is 10.6 Å². The van der Waals surface area contributed by atoms with Gasteiger partial charge in [0.05, 0.1) is 6.04 Å². The number of carbonyl (C=O) groups excluding carboxylic acids is 1. The molecule has 30 heavy (non-hydrogen) atoms. The summed E-state index contributed by atoms with van der Waals surface area (Å²) in [4.78, 5) is 32.0. The van der Waals surface area contributed by atoms with Gasteiger partial charge < -0.3 is 14.7 Å². The highest BCUT2D eigenvalue weighted by atomic mass is 35.5. The van der Waals surface area contributed by atoms with Crippen molar-refractivity contribution in [1.29, 1.82) is 0 Å². The van der Waals surface area contributed by atoms with Crippen LogP contribution in [0.3, 0.4) is 0 Å². The van der Waals surface area contributed by atoms with Gasteiger partial charge in [0.1, 0.15) is 11.4 Å². The van der Waals surface area contributed by atoms with Gasteiger partial charge >= 0.3 is 12.1 Å². The van der Waals surface area contributed by atoms with Gasteiger partial charge in [-0.05, 0) is 63.9 Å². The predicted octanol–water partition coefficient (Wildman–Crippen LogP) is 4.64. The number of pyridine rings is 1. The van der Waals surface area contributed by atoms with Crippen molar-refractivity contribution in [3.8, 4) is 0 Å². The Bertz CT molecular complexity index is 705. The molecule has 1 aliphatic heterocycles. The van der Waals surface area contributed by atoms with Crippen molar-refractivity contribution in [3.05, 3.63) is 30.0 Å². The Morgan fingerprint density at radius 1 is 1.33 bits per heavy atom. The summed E-state index contributed by atoms with van der Waals surface area (Å²) in [6, 6.07) is 3.49. The minimum Gasteiger partial charge on any atom is -0.478 e. The summed E-state index contributed by atoms with van der Waals surface area (Å²) in [5, 5.41) is 8.75. The third-order valence-electron chi connectivity index (χ3n) is 4.47. The first-order chi connectivity index (χ1) is 13.2. The quantitative estimate of drug-likeness (QED) is 0.595. The van der Waals surface area contributed by atoms with E-state index in [0.717, 1.165) is 45.0 Å². The second-order valence-corrected chi connectivity index (χ2v) is 8.07. The van der Waals surface area contributed by atoms with Gasteiger partial charge in [-0.25, -0.2) is 14.6 Å². The number of aliphatic carboxylic acids is 1. The highest BCUT2D eigenvalue weighted by Gasteiger charge is 2.34. The van der Waals surface area contributed by atoms with Crippen LogP contribution < -0.4 is 4.90 Å². The fraction of sp³-hybridized carbons (Fsp3) is 0.571. The van der Waals surface area contributed by atoms with Gasteiger partial charge in [-0.1, -0.05) is 13.3 Å². The van der Waals surface area contributed by atoms with Gasteiger partial charge in [-0.15, -0.1) is 24.8 Å². The lowest BCUT2D eigenvalue weighted by atomic mass is 10.2. The number of nitrogens with zero attached hydrogens (tertiary/aromatic N) is 3. The molecule has 170 valence electrons. The van der Waals surface area contributed by atoms with Crippen LogP contribution in [0.25, 0.3) is 6.08 Å². The lowest BCUT2D eigenvalue weighted by molar-refractivity contribution is -0.131. The minimum absolute atomic E-state index is 0. The van der Waals surface area contributed by atoms with Crippen molar-refractivity contribution >= 4 is 48.8 Å². The van der Waals surface area contributed by atoms with E-state index in [4.69, 9.17) is 9.84 Å². The molecular formula is C21H33Cl2N3O4. The number of carbonyl (C=O) groups is 2. The molecule has 0 aromatic carbocycles. The summed E-state index contributed by atoms with van der Waals surface area (Å²) >= 11 is 0. The number of rotatable bonds is 7. The van der Waals surface area contributed by atoms with Gasteiger partial charge in [0.15, 0.2) is 0 Å². The van der Waals surface area contributed by atoms with Crippen LogP contribution >= 0.6 is 24.8 Å². The second kappa shape index (κ2) is 12.8. The predicted molar refractivity (Wildman–Crippen MR) is 124 cm³/mol. The molecular weight excluding hydrogens is 429 g/mol. The zero-order valence-electron chi connectivity index (χ0n) is 18.0. The molecule has 1 aromatic rings. The Labute approximate surface area is 191 Å². The lowest BCUT2D eigenvalue weighted by Crippen LogP contribution is -2.45. The van der Waals surface area contributed by atoms with Crippen LogP contribution in [0.5, 0.6) is 0 Å². The van der Waals surface area contributed by atoms with E-state index in [1.54, 1.807) is 23.2 Å². The van der Waals surface area contributed by atoms with Crippen LogP contribution in [-0.4, -0.2) is 58.3 Å². The number of ether oxygens (including phenoxy) is 1. The minimum atomic E-state index is -1.02. The smallest absolute Gasteiger partial charge is 0.416 e. The molecule has 7 nitrogen and oxygen atoms in total. The normalized spacial score (nSPS) is 16.6. The number of carboxylic acids is 1. The molecule has 1 N–H and O–H groups in total. The maximum Gasteiger partial charge on any atom is 0.416 e. The molecule has 1 unspecified atom stereocenters. The van der Waals surface area contributed by atoms with Crippen LogP contribution in [0.15, 0.2) is 24.4 Å². The summed E-state index contributed by atoms with van der Waals surface area (Å²) in [6.07, 6.45) is 6.84. The van der Waals surface area contributed by atoms with E-state index in [-0.39, 0.29) is 30.9 Å². The second-order valence-electron chi connectivity index (χ2n) is 8.07. The summed E-state index contributed by atoms with van der Waals surface area (Å²) in [7, 11) is 0. The molecule has 2 rings (SSSR count). The number of likely N-dealkylation sites (tertiary alicyclic amines) is 1. The standard InChI is InChI=1S/C21H31N3O4.2ClH/c1-5-6-12-23-13-11-17(15-23)24(20(27)28-21(2,3)4)18-9-7-16(14-22-18)8-10-19(25)26;;/h7-10,14,17H,5-6,11-13,15H2,1-4H3,(H,25,26);2*1H/b10-8+;;. The van der Waals surface area contributed by atoms with Gasteiger partial charge in [-0.2, -0.15) is 0 Å². The van der Waals surface area contributed by atoms with E-state index in [2.05, 4.69) is 16.8 Å². The Hall–Kier alpha value is -1.83. The Morgan fingerprint density at radius 3 is 2.57 bits per heavy atom. The zero-order chi connectivity index (χ0) is 20.7. The molecule has 2 heterocycles. The topological polar surface area (TPSA) is 83.0 Å². The van der Waals surface area contributed by atoms with E-state index >= 15 is 0 Å². The zero-order valence-corrected chi connectivity index (χ0v) is 19.7. The Kier molecular flexibility index (Phi) is 12.0. The van der Waals surface area contributed by atoms with Crippen LogP contribution in [0, 0.1) is 0 Å². The first-order valence-electron chi connectivity index (χ1n) is 9.81. The molecule has 0 bridgehead atoms. The van der Waals surface area contributed by atoms with Crippen molar-refractivity contribution < 1.29 is 19.4 Å². The Balaban J connectivity index is 0.00000420. The molecule has 1 saturated heterocycles. The van der Waals surface area contributed by atoms with E-state index in [1.807, 2.05) is 20.8 Å². The SMILES string of the molecule is CCCCN1CCC(N(C(=O)OC(C)(C)C)c2ccc(/C=C/C(=O)O)cn2)C1.Cl.Cl. The highest BCUT2D eigenvalue weighted by molar-refractivity contribution is 5.88. The molecule has 0 saturated carbocycles. The van der Waals surface area contributed by atoms with Crippen LogP contribution in [-0.2, 0) is 9.53 Å².